The molecular weight excluding hydrogens is 279 g/mol. The van der Waals surface area contributed by atoms with Gasteiger partial charge in [0.05, 0.1) is 12.5 Å². The minimum Gasteiger partial charge on any atom is -0.494 e. The first-order valence-electron chi connectivity index (χ1n) is 4.66. The van der Waals surface area contributed by atoms with E-state index in [4.69, 9.17) is 16.3 Å². The number of hydrogen-bond donors (Lipinski definition) is 0. The summed E-state index contributed by atoms with van der Waals surface area (Å²) in [6.45, 7) is 2.49. The second-order valence-corrected chi connectivity index (χ2v) is 4.12. The molecule has 1 aromatic carbocycles. The summed E-state index contributed by atoms with van der Waals surface area (Å²) in [5.74, 6) is 0.766. The van der Waals surface area contributed by atoms with Crippen LogP contribution in [0.4, 0.5) is 0 Å². The van der Waals surface area contributed by atoms with Gasteiger partial charge in [0.2, 0.25) is 0 Å². The van der Waals surface area contributed by atoms with Crippen molar-refractivity contribution in [3.8, 4) is 5.75 Å². The molecule has 0 aromatic heterocycles. The summed E-state index contributed by atoms with van der Waals surface area (Å²) >= 11 is 8.88. The Morgan fingerprint density at radius 3 is 2.87 bits per heavy atom. The Hall–Kier alpha value is -0.540. The first-order chi connectivity index (χ1) is 7.19. The fourth-order valence-corrected chi connectivity index (χ4v) is 1.83. The van der Waals surface area contributed by atoms with Crippen LogP contribution >= 0.6 is 27.5 Å². The summed E-state index contributed by atoms with van der Waals surface area (Å²) in [6, 6.07) is 5.62. The molecule has 0 aliphatic heterocycles. The average Bonchev–Trinajstić information content (AvgIpc) is 2.23. The molecule has 0 spiro atoms. The molecule has 0 aliphatic rings. The minimum atomic E-state index is -0.00970. The van der Waals surface area contributed by atoms with Crippen molar-refractivity contribution < 1.29 is 9.53 Å². The highest BCUT2D eigenvalue weighted by Gasteiger charge is 2.11. The second kappa shape index (κ2) is 6.13. The number of rotatable bonds is 5. The fraction of sp³-hybridized carbons (Fsp3) is 0.364. The van der Waals surface area contributed by atoms with Crippen LogP contribution in [-0.4, -0.2) is 18.3 Å². The number of carbonyl (C=O) groups is 1. The van der Waals surface area contributed by atoms with Gasteiger partial charge in [-0.15, -0.1) is 11.6 Å². The van der Waals surface area contributed by atoms with Crippen LogP contribution < -0.4 is 4.74 Å². The van der Waals surface area contributed by atoms with Crippen molar-refractivity contribution in [2.45, 2.75) is 13.3 Å². The lowest BCUT2D eigenvalue weighted by atomic mass is 10.1. The van der Waals surface area contributed by atoms with E-state index in [-0.39, 0.29) is 11.7 Å². The molecule has 2 nitrogen and oxygen atoms in total. The molecule has 15 heavy (non-hydrogen) atoms. The number of halogens is 2. The van der Waals surface area contributed by atoms with E-state index >= 15 is 0 Å². The summed E-state index contributed by atoms with van der Waals surface area (Å²) < 4.78 is 6.32. The maximum Gasteiger partial charge on any atom is 0.152 e. The lowest BCUT2D eigenvalue weighted by Gasteiger charge is -2.10. The largest absolute Gasteiger partial charge is 0.494 e. The Morgan fingerprint density at radius 1 is 1.53 bits per heavy atom. The van der Waals surface area contributed by atoms with E-state index in [9.17, 15) is 4.79 Å². The van der Waals surface area contributed by atoms with E-state index in [1.165, 1.54) is 0 Å². The van der Waals surface area contributed by atoms with Gasteiger partial charge in [0.25, 0.3) is 0 Å². The van der Waals surface area contributed by atoms with E-state index in [0.29, 0.717) is 13.0 Å². The lowest BCUT2D eigenvalue weighted by Crippen LogP contribution is -2.07. The van der Waals surface area contributed by atoms with Crippen LogP contribution in [0.3, 0.4) is 0 Å². The van der Waals surface area contributed by atoms with Gasteiger partial charge in [-0.25, -0.2) is 0 Å². The number of benzene rings is 1. The number of hydrogen-bond acceptors (Lipinski definition) is 2. The Kier molecular flexibility index (Phi) is 5.12. The van der Waals surface area contributed by atoms with Gasteiger partial charge in [0.15, 0.2) is 5.78 Å². The van der Waals surface area contributed by atoms with E-state index in [0.717, 1.165) is 15.8 Å². The van der Waals surface area contributed by atoms with Crippen LogP contribution in [-0.2, 0) is 11.2 Å². The molecule has 0 fully saturated rings. The van der Waals surface area contributed by atoms with Crippen LogP contribution in [0.1, 0.15) is 12.5 Å². The lowest BCUT2D eigenvalue weighted by molar-refractivity contribution is -0.116. The third-order valence-electron chi connectivity index (χ3n) is 1.90. The molecule has 0 bridgehead atoms. The summed E-state index contributed by atoms with van der Waals surface area (Å²) in [6.07, 6.45) is 0.306. The highest BCUT2D eigenvalue weighted by Crippen LogP contribution is 2.27. The predicted octanol–water partition coefficient (Wildman–Crippen LogP) is 3.20. The quantitative estimate of drug-likeness (QED) is 0.779. The minimum absolute atomic E-state index is 0.00970. The third-order valence-corrected chi connectivity index (χ3v) is 2.94. The molecule has 0 amide bonds. The molecule has 4 heteroatoms. The maximum absolute atomic E-state index is 11.3. The number of carbonyl (C=O) groups excluding carboxylic acids is 1. The van der Waals surface area contributed by atoms with E-state index < -0.39 is 0 Å². The van der Waals surface area contributed by atoms with Crippen LogP contribution in [0.15, 0.2) is 22.7 Å². The number of ether oxygens (including phenoxy) is 1. The monoisotopic (exact) mass is 290 g/mol. The first kappa shape index (κ1) is 12.5. The molecular formula is C11H12BrClO2. The van der Waals surface area contributed by atoms with Gasteiger partial charge in [-0.2, -0.15) is 0 Å². The zero-order chi connectivity index (χ0) is 11.3. The Bertz CT molecular complexity index is 352. The third kappa shape index (κ3) is 3.50. The number of Topliss-reactive ketones (excluding diaryl/α,β-unsaturated/α-hetero) is 1. The highest BCUT2D eigenvalue weighted by molar-refractivity contribution is 9.10. The van der Waals surface area contributed by atoms with Gasteiger partial charge in [0, 0.05) is 16.5 Å². The van der Waals surface area contributed by atoms with Crippen LogP contribution in [0.2, 0.25) is 0 Å². The Labute approximate surface area is 103 Å². The van der Waals surface area contributed by atoms with Crippen molar-refractivity contribution in [2.24, 2.45) is 0 Å². The van der Waals surface area contributed by atoms with Gasteiger partial charge in [0.1, 0.15) is 5.75 Å². The van der Waals surface area contributed by atoms with Crippen molar-refractivity contribution in [1.29, 1.82) is 0 Å². The van der Waals surface area contributed by atoms with Gasteiger partial charge >= 0.3 is 0 Å². The van der Waals surface area contributed by atoms with E-state index in [2.05, 4.69) is 15.9 Å². The first-order valence-corrected chi connectivity index (χ1v) is 5.99. The van der Waals surface area contributed by atoms with Crippen molar-refractivity contribution >= 4 is 33.3 Å². The molecule has 0 unspecified atom stereocenters. The summed E-state index contributed by atoms with van der Waals surface area (Å²) in [4.78, 5) is 11.3. The normalized spacial score (nSPS) is 10.1. The molecule has 0 saturated carbocycles. The number of ketones is 1. The Balaban J connectivity index is 2.96. The van der Waals surface area contributed by atoms with Crippen LogP contribution in [0, 0.1) is 0 Å². The molecule has 0 heterocycles. The molecule has 0 saturated heterocycles. The summed E-state index contributed by atoms with van der Waals surface area (Å²) in [5.41, 5.74) is 0.866. The molecule has 0 aliphatic carbocycles. The predicted molar refractivity (Wildman–Crippen MR) is 64.7 cm³/mol. The van der Waals surface area contributed by atoms with Crippen LogP contribution in [0.25, 0.3) is 0 Å². The fourth-order valence-electron chi connectivity index (χ4n) is 1.25. The maximum atomic E-state index is 11.3. The molecule has 1 rings (SSSR count). The van der Waals surface area contributed by atoms with Gasteiger partial charge < -0.3 is 4.74 Å². The van der Waals surface area contributed by atoms with Crippen LogP contribution in [0.5, 0.6) is 5.75 Å². The van der Waals surface area contributed by atoms with Crippen molar-refractivity contribution in [2.75, 3.05) is 12.5 Å². The van der Waals surface area contributed by atoms with Gasteiger partial charge in [-0.3, -0.25) is 4.79 Å². The highest BCUT2D eigenvalue weighted by atomic mass is 79.9. The standard InChI is InChI=1S/C11H12BrClO2/c1-2-15-11-5-3-4-10(12)9(11)6-8(14)7-13/h3-5H,2,6-7H2,1H3. The molecule has 0 radical (unpaired) electrons. The molecule has 0 atom stereocenters. The number of alkyl halides is 1. The average molecular weight is 292 g/mol. The van der Waals surface area contributed by atoms with Crippen molar-refractivity contribution in [1.82, 2.24) is 0 Å². The zero-order valence-corrected chi connectivity index (χ0v) is 10.8. The summed E-state index contributed by atoms with van der Waals surface area (Å²) in [5, 5.41) is 0. The summed E-state index contributed by atoms with van der Waals surface area (Å²) in [7, 11) is 0. The van der Waals surface area contributed by atoms with Gasteiger partial charge in [-0.1, -0.05) is 22.0 Å². The Morgan fingerprint density at radius 2 is 2.27 bits per heavy atom. The SMILES string of the molecule is CCOc1cccc(Br)c1CC(=O)CCl. The zero-order valence-electron chi connectivity index (χ0n) is 8.43. The molecule has 1 aromatic rings. The van der Waals surface area contributed by atoms with E-state index in [1.807, 2.05) is 25.1 Å². The molecule has 82 valence electrons. The second-order valence-electron chi connectivity index (χ2n) is 3.00. The van der Waals surface area contributed by atoms with Gasteiger partial charge in [-0.05, 0) is 19.1 Å². The smallest absolute Gasteiger partial charge is 0.152 e. The van der Waals surface area contributed by atoms with Crippen molar-refractivity contribution in [3.05, 3.63) is 28.2 Å². The van der Waals surface area contributed by atoms with Crippen molar-refractivity contribution in [3.63, 3.8) is 0 Å². The topological polar surface area (TPSA) is 26.3 Å². The molecule has 0 N–H and O–H groups in total. The van der Waals surface area contributed by atoms with E-state index in [1.54, 1.807) is 0 Å².